The third-order valence-corrected chi connectivity index (χ3v) is 4.67. The van der Waals surface area contributed by atoms with Gasteiger partial charge in [0.25, 0.3) is 11.8 Å². The van der Waals surface area contributed by atoms with Crippen LogP contribution in [0.3, 0.4) is 0 Å². The maximum atomic E-state index is 12.6. The standard InChI is InChI=1S/C25H36N2O9/c1-3-11-31-17-20-34-14-8-26(9-15-35-21-18-32-12-4-2)23(28)7-13-33-19-22-36-16-10-27-24(29)5-6-25(27)30/h1-2,5-6H,7-22H2. The average molecular weight is 509 g/mol. The van der Waals surface area contributed by atoms with Gasteiger partial charge in [-0.2, -0.15) is 0 Å². The Morgan fingerprint density at radius 1 is 0.694 bits per heavy atom. The number of terminal acetylenes is 2. The molecular formula is C25H36N2O9. The Labute approximate surface area is 212 Å². The van der Waals surface area contributed by atoms with Crippen LogP contribution >= 0.6 is 0 Å². The zero-order valence-corrected chi connectivity index (χ0v) is 20.7. The van der Waals surface area contributed by atoms with Crippen molar-refractivity contribution < 1.29 is 42.8 Å². The second-order valence-corrected chi connectivity index (χ2v) is 7.26. The summed E-state index contributed by atoms with van der Waals surface area (Å²) in [5.74, 6) is 3.99. The van der Waals surface area contributed by atoms with E-state index in [1.807, 2.05) is 0 Å². The van der Waals surface area contributed by atoms with Gasteiger partial charge in [0.1, 0.15) is 13.2 Å². The third-order valence-electron chi connectivity index (χ3n) is 4.67. The molecule has 0 unspecified atom stereocenters. The van der Waals surface area contributed by atoms with Gasteiger partial charge >= 0.3 is 0 Å². The van der Waals surface area contributed by atoms with E-state index in [-0.39, 0.29) is 70.3 Å². The van der Waals surface area contributed by atoms with Gasteiger partial charge in [0, 0.05) is 25.2 Å². The molecule has 0 saturated heterocycles. The lowest BCUT2D eigenvalue weighted by molar-refractivity contribution is -0.137. The fourth-order valence-corrected chi connectivity index (χ4v) is 2.86. The molecule has 200 valence electrons. The lowest BCUT2D eigenvalue weighted by Crippen LogP contribution is -2.37. The number of carbonyl (C=O) groups excluding carboxylic acids is 3. The van der Waals surface area contributed by atoms with Crippen LogP contribution < -0.4 is 0 Å². The first-order valence-electron chi connectivity index (χ1n) is 11.7. The van der Waals surface area contributed by atoms with Crippen molar-refractivity contribution in [2.45, 2.75) is 6.42 Å². The van der Waals surface area contributed by atoms with E-state index in [1.54, 1.807) is 4.90 Å². The molecule has 0 aromatic rings. The predicted octanol–water partition coefficient (Wildman–Crippen LogP) is -0.504. The lowest BCUT2D eigenvalue weighted by Gasteiger charge is -2.23. The van der Waals surface area contributed by atoms with E-state index in [1.165, 1.54) is 12.2 Å². The summed E-state index contributed by atoms with van der Waals surface area (Å²) in [6.07, 6.45) is 12.9. The third kappa shape index (κ3) is 15.3. The van der Waals surface area contributed by atoms with E-state index < -0.39 is 0 Å². The number of carbonyl (C=O) groups is 3. The molecule has 0 fully saturated rings. The van der Waals surface area contributed by atoms with Gasteiger partial charge in [0.2, 0.25) is 5.91 Å². The van der Waals surface area contributed by atoms with Gasteiger partial charge in [-0.15, -0.1) is 12.8 Å². The van der Waals surface area contributed by atoms with Crippen molar-refractivity contribution in [2.75, 3.05) is 98.9 Å². The van der Waals surface area contributed by atoms with E-state index >= 15 is 0 Å². The Balaban J connectivity index is 2.19. The minimum atomic E-state index is -0.340. The van der Waals surface area contributed by atoms with E-state index in [4.69, 9.17) is 41.3 Å². The number of rotatable bonds is 23. The second-order valence-electron chi connectivity index (χ2n) is 7.26. The molecule has 0 bridgehead atoms. The van der Waals surface area contributed by atoms with E-state index in [9.17, 15) is 14.4 Å². The lowest BCUT2D eigenvalue weighted by atomic mass is 10.3. The molecule has 36 heavy (non-hydrogen) atoms. The van der Waals surface area contributed by atoms with Crippen LogP contribution in [0.1, 0.15) is 6.42 Å². The number of nitrogens with zero attached hydrogens (tertiary/aromatic N) is 2. The van der Waals surface area contributed by atoms with Crippen LogP contribution in [0.5, 0.6) is 0 Å². The first kappa shape index (κ1) is 31.3. The highest BCUT2D eigenvalue weighted by molar-refractivity contribution is 6.12. The summed E-state index contributed by atoms with van der Waals surface area (Å²) in [4.78, 5) is 38.3. The zero-order valence-electron chi connectivity index (χ0n) is 20.7. The van der Waals surface area contributed by atoms with E-state index in [0.29, 0.717) is 52.7 Å². The summed E-state index contributed by atoms with van der Waals surface area (Å²) in [6, 6.07) is 0. The van der Waals surface area contributed by atoms with Crippen LogP contribution in [0.15, 0.2) is 12.2 Å². The molecule has 0 N–H and O–H groups in total. The average Bonchev–Trinajstić information content (AvgIpc) is 3.19. The normalized spacial score (nSPS) is 12.7. The molecule has 3 amide bonds. The SMILES string of the molecule is C#CCOCCOCCN(CCOCCOCC#C)C(=O)CCOCCOCCN1C(=O)C=CC1=O. The molecule has 0 spiro atoms. The van der Waals surface area contributed by atoms with Crippen LogP contribution in [0, 0.1) is 24.7 Å². The minimum Gasteiger partial charge on any atom is -0.379 e. The van der Waals surface area contributed by atoms with Gasteiger partial charge in [0.15, 0.2) is 0 Å². The number of hydrogen-bond acceptors (Lipinski definition) is 9. The van der Waals surface area contributed by atoms with Gasteiger partial charge in [0.05, 0.1) is 79.0 Å². The molecule has 11 nitrogen and oxygen atoms in total. The van der Waals surface area contributed by atoms with Crippen LogP contribution in [0.25, 0.3) is 0 Å². The van der Waals surface area contributed by atoms with Gasteiger partial charge in [-0.3, -0.25) is 19.3 Å². The summed E-state index contributed by atoms with van der Waals surface area (Å²) in [7, 11) is 0. The molecule has 1 heterocycles. The zero-order chi connectivity index (χ0) is 26.3. The summed E-state index contributed by atoms with van der Waals surface area (Å²) >= 11 is 0. The van der Waals surface area contributed by atoms with Crippen molar-refractivity contribution in [3.63, 3.8) is 0 Å². The fourth-order valence-electron chi connectivity index (χ4n) is 2.86. The Kier molecular flexibility index (Phi) is 18.7. The van der Waals surface area contributed by atoms with Gasteiger partial charge in [-0.05, 0) is 0 Å². The Hall–Kier alpha value is -2.77. The van der Waals surface area contributed by atoms with Crippen molar-refractivity contribution in [1.82, 2.24) is 9.80 Å². The largest absolute Gasteiger partial charge is 0.379 e. The van der Waals surface area contributed by atoms with Crippen molar-refractivity contribution in [2.24, 2.45) is 0 Å². The van der Waals surface area contributed by atoms with Crippen molar-refractivity contribution in [3.05, 3.63) is 12.2 Å². The quantitative estimate of drug-likeness (QED) is 0.102. The van der Waals surface area contributed by atoms with Gasteiger partial charge in [-0.1, -0.05) is 11.8 Å². The van der Waals surface area contributed by atoms with E-state index in [2.05, 4.69) is 11.8 Å². The van der Waals surface area contributed by atoms with Crippen molar-refractivity contribution >= 4 is 17.7 Å². The molecule has 0 aliphatic carbocycles. The maximum Gasteiger partial charge on any atom is 0.253 e. The molecule has 0 atom stereocenters. The second kappa shape index (κ2) is 21.5. The minimum absolute atomic E-state index is 0.0890. The molecule has 1 aliphatic heterocycles. The van der Waals surface area contributed by atoms with Crippen LogP contribution in [0.4, 0.5) is 0 Å². The fraction of sp³-hybridized carbons (Fsp3) is 0.640. The van der Waals surface area contributed by atoms with Crippen molar-refractivity contribution in [1.29, 1.82) is 0 Å². The molecule has 1 aliphatic rings. The predicted molar refractivity (Wildman–Crippen MR) is 130 cm³/mol. The Morgan fingerprint density at radius 2 is 1.14 bits per heavy atom. The highest BCUT2D eigenvalue weighted by atomic mass is 16.5. The summed E-state index contributed by atoms with van der Waals surface area (Å²) in [6.45, 7) is 4.71. The van der Waals surface area contributed by atoms with Crippen molar-refractivity contribution in [3.8, 4) is 24.7 Å². The topological polar surface area (TPSA) is 113 Å². The highest BCUT2D eigenvalue weighted by Gasteiger charge is 2.22. The highest BCUT2D eigenvalue weighted by Crippen LogP contribution is 2.02. The first-order chi connectivity index (χ1) is 17.6. The molecular weight excluding hydrogens is 472 g/mol. The Morgan fingerprint density at radius 3 is 1.64 bits per heavy atom. The molecule has 1 rings (SSSR count). The van der Waals surface area contributed by atoms with Crippen LogP contribution in [-0.2, 0) is 42.8 Å². The summed E-state index contributed by atoms with van der Waals surface area (Å²) in [5, 5.41) is 0. The monoisotopic (exact) mass is 508 g/mol. The number of amides is 3. The van der Waals surface area contributed by atoms with Gasteiger partial charge < -0.3 is 33.3 Å². The maximum absolute atomic E-state index is 12.6. The molecule has 0 radical (unpaired) electrons. The smallest absolute Gasteiger partial charge is 0.253 e. The molecule has 11 heteroatoms. The number of hydrogen-bond donors (Lipinski definition) is 0. The molecule has 0 saturated carbocycles. The van der Waals surface area contributed by atoms with Gasteiger partial charge in [-0.25, -0.2) is 0 Å². The first-order valence-corrected chi connectivity index (χ1v) is 11.7. The van der Waals surface area contributed by atoms with Crippen LogP contribution in [0.2, 0.25) is 0 Å². The molecule has 0 aromatic carbocycles. The van der Waals surface area contributed by atoms with Crippen LogP contribution in [-0.4, -0.2) is 126 Å². The van der Waals surface area contributed by atoms with E-state index in [0.717, 1.165) is 4.90 Å². The Bertz CT molecular complexity index is 712. The number of imide groups is 1. The number of ether oxygens (including phenoxy) is 6. The summed E-state index contributed by atoms with van der Waals surface area (Å²) in [5.41, 5.74) is 0. The summed E-state index contributed by atoms with van der Waals surface area (Å²) < 4.78 is 32.1. The molecule has 0 aromatic heterocycles.